The maximum Gasteiger partial charge on any atom is 0.194 e. The molecule has 0 aliphatic rings. The molecule has 1 rings (SSSR count). The Labute approximate surface area is 99.8 Å². The lowest BCUT2D eigenvalue weighted by molar-refractivity contribution is 0.104. The van der Waals surface area contributed by atoms with E-state index in [0.29, 0.717) is 22.8 Å². The van der Waals surface area contributed by atoms with E-state index in [-0.39, 0.29) is 5.78 Å². The van der Waals surface area contributed by atoms with Gasteiger partial charge in [-0.1, -0.05) is 0 Å². The van der Waals surface area contributed by atoms with Gasteiger partial charge in [0.25, 0.3) is 0 Å². The average Bonchev–Trinajstić information content (AvgIpc) is 2.37. The van der Waals surface area contributed by atoms with Crippen LogP contribution in [0, 0.1) is 0 Å². The molecular weight excluding hydrogens is 222 g/mol. The molecular formula is C12H15NO4. The second kappa shape index (κ2) is 5.79. The summed E-state index contributed by atoms with van der Waals surface area (Å²) < 4.78 is 15.4. The van der Waals surface area contributed by atoms with Gasteiger partial charge in [0.05, 0.1) is 21.3 Å². The third-order valence-electron chi connectivity index (χ3n) is 2.21. The molecule has 17 heavy (non-hydrogen) atoms. The van der Waals surface area contributed by atoms with Crippen LogP contribution in [0.1, 0.15) is 10.4 Å². The fraction of sp³-hybridized carbons (Fsp3) is 0.250. The SMILES string of the molecule is COc1cc(OC)c(C(=O)/C=C/N)c(OC)c1. The maximum atomic E-state index is 11.8. The van der Waals surface area contributed by atoms with Gasteiger partial charge in [0.2, 0.25) is 0 Å². The standard InChI is InChI=1S/C12H15NO4/c1-15-8-6-10(16-2)12(9(14)4-5-13)11(7-8)17-3/h4-7H,13H2,1-3H3/b5-4+. The molecule has 1 aromatic carbocycles. The number of hydrogen-bond acceptors (Lipinski definition) is 5. The zero-order chi connectivity index (χ0) is 12.8. The summed E-state index contributed by atoms with van der Waals surface area (Å²) in [5, 5.41) is 0. The normalized spacial score (nSPS) is 10.3. The van der Waals surface area contributed by atoms with Gasteiger partial charge in [-0.15, -0.1) is 0 Å². The van der Waals surface area contributed by atoms with Crippen LogP contribution in [0.4, 0.5) is 0 Å². The van der Waals surface area contributed by atoms with E-state index >= 15 is 0 Å². The Hall–Kier alpha value is -2.17. The minimum Gasteiger partial charge on any atom is -0.496 e. The van der Waals surface area contributed by atoms with Gasteiger partial charge in [-0.3, -0.25) is 4.79 Å². The Kier molecular flexibility index (Phi) is 4.39. The number of rotatable bonds is 5. The first-order chi connectivity index (χ1) is 8.17. The van der Waals surface area contributed by atoms with Crippen molar-refractivity contribution in [2.45, 2.75) is 0 Å². The highest BCUT2D eigenvalue weighted by Gasteiger charge is 2.18. The van der Waals surface area contributed by atoms with Gasteiger partial charge < -0.3 is 19.9 Å². The van der Waals surface area contributed by atoms with Gasteiger partial charge in [0.15, 0.2) is 5.78 Å². The van der Waals surface area contributed by atoms with Crippen LogP contribution in [0.25, 0.3) is 0 Å². The number of carbonyl (C=O) groups excluding carboxylic acids is 1. The van der Waals surface area contributed by atoms with Crippen LogP contribution in [0.15, 0.2) is 24.4 Å². The first-order valence-electron chi connectivity index (χ1n) is 4.90. The van der Waals surface area contributed by atoms with Gasteiger partial charge in [0.1, 0.15) is 22.8 Å². The average molecular weight is 237 g/mol. The summed E-state index contributed by atoms with van der Waals surface area (Å²) in [5.41, 5.74) is 5.52. The lowest BCUT2D eigenvalue weighted by Gasteiger charge is -2.12. The molecule has 0 amide bonds. The summed E-state index contributed by atoms with van der Waals surface area (Å²) in [4.78, 5) is 11.8. The van der Waals surface area contributed by atoms with Crippen molar-refractivity contribution in [2.75, 3.05) is 21.3 Å². The smallest absolute Gasteiger partial charge is 0.194 e. The highest BCUT2D eigenvalue weighted by Crippen LogP contribution is 2.34. The monoisotopic (exact) mass is 237 g/mol. The molecule has 0 atom stereocenters. The van der Waals surface area contributed by atoms with E-state index in [0.717, 1.165) is 0 Å². The minimum atomic E-state index is -0.288. The molecule has 0 heterocycles. The van der Waals surface area contributed by atoms with Crippen LogP contribution in [-0.4, -0.2) is 27.1 Å². The Morgan fingerprint density at radius 3 is 2.00 bits per heavy atom. The van der Waals surface area contributed by atoms with Crippen LogP contribution in [-0.2, 0) is 0 Å². The molecule has 92 valence electrons. The molecule has 5 nitrogen and oxygen atoms in total. The summed E-state index contributed by atoms with van der Waals surface area (Å²) >= 11 is 0. The van der Waals surface area contributed by atoms with Crippen molar-refractivity contribution in [2.24, 2.45) is 5.73 Å². The second-order valence-electron chi connectivity index (χ2n) is 3.13. The quantitative estimate of drug-likeness (QED) is 0.618. The van der Waals surface area contributed by atoms with Crippen LogP contribution >= 0.6 is 0 Å². The number of carbonyl (C=O) groups is 1. The Balaban J connectivity index is 3.39. The topological polar surface area (TPSA) is 70.8 Å². The van der Waals surface area contributed by atoms with Crippen LogP contribution in [0.3, 0.4) is 0 Å². The number of benzene rings is 1. The summed E-state index contributed by atoms with van der Waals surface area (Å²) in [7, 11) is 4.46. The molecule has 0 bridgehead atoms. The first kappa shape index (κ1) is 12.9. The van der Waals surface area contributed by atoms with Gasteiger partial charge in [-0.05, 0) is 6.20 Å². The molecule has 0 aliphatic heterocycles. The first-order valence-corrected chi connectivity index (χ1v) is 4.90. The molecule has 0 saturated carbocycles. The van der Waals surface area contributed by atoms with Crippen molar-refractivity contribution in [1.82, 2.24) is 0 Å². The molecule has 0 aromatic heterocycles. The Morgan fingerprint density at radius 1 is 1.12 bits per heavy atom. The fourth-order valence-corrected chi connectivity index (χ4v) is 1.42. The minimum absolute atomic E-state index is 0.288. The summed E-state index contributed by atoms with van der Waals surface area (Å²) in [5.74, 6) is 1.02. The van der Waals surface area contributed by atoms with E-state index in [2.05, 4.69) is 0 Å². The molecule has 0 fully saturated rings. The molecule has 0 unspecified atom stereocenters. The molecule has 1 aromatic rings. The molecule has 0 radical (unpaired) electrons. The van der Waals surface area contributed by atoms with Gasteiger partial charge in [-0.2, -0.15) is 0 Å². The Morgan fingerprint density at radius 2 is 1.65 bits per heavy atom. The third-order valence-corrected chi connectivity index (χ3v) is 2.21. The molecule has 0 aliphatic carbocycles. The molecule has 0 spiro atoms. The number of nitrogens with two attached hydrogens (primary N) is 1. The number of allylic oxidation sites excluding steroid dienone is 1. The third kappa shape index (κ3) is 2.69. The van der Waals surface area contributed by atoms with E-state index in [9.17, 15) is 4.79 Å². The summed E-state index contributed by atoms with van der Waals surface area (Å²) in [6.45, 7) is 0. The van der Waals surface area contributed by atoms with E-state index in [1.54, 1.807) is 12.1 Å². The van der Waals surface area contributed by atoms with Crippen molar-refractivity contribution in [1.29, 1.82) is 0 Å². The van der Waals surface area contributed by atoms with Crippen LogP contribution in [0.5, 0.6) is 17.2 Å². The number of ether oxygens (including phenoxy) is 3. The number of ketones is 1. The van der Waals surface area contributed by atoms with E-state index in [1.165, 1.54) is 33.6 Å². The Bertz CT molecular complexity index is 415. The molecule has 5 heteroatoms. The number of hydrogen-bond donors (Lipinski definition) is 1. The van der Waals surface area contributed by atoms with Gasteiger partial charge in [-0.25, -0.2) is 0 Å². The van der Waals surface area contributed by atoms with Gasteiger partial charge in [0, 0.05) is 18.2 Å². The van der Waals surface area contributed by atoms with E-state index < -0.39 is 0 Å². The van der Waals surface area contributed by atoms with Crippen molar-refractivity contribution in [3.8, 4) is 17.2 Å². The lowest BCUT2D eigenvalue weighted by Crippen LogP contribution is -2.04. The molecule has 0 saturated heterocycles. The maximum absolute atomic E-state index is 11.8. The van der Waals surface area contributed by atoms with Crippen molar-refractivity contribution < 1.29 is 19.0 Å². The van der Waals surface area contributed by atoms with Gasteiger partial charge >= 0.3 is 0 Å². The summed E-state index contributed by atoms with van der Waals surface area (Å²) in [6, 6.07) is 3.22. The van der Waals surface area contributed by atoms with Crippen molar-refractivity contribution in [3.63, 3.8) is 0 Å². The van der Waals surface area contributed by atoms with Crippen molar-refractivity contribution in [3.05, 3.63) is 30.0 Å². The predicted molar refractivity (Wildman–Crippen MR) is 63.8 cm³/mol. The predicted octanol–water partition coefficient (Wildman–Crippen LogP) is 1.37. The number of methoxy groups -OCH3 is 3. The highest BCUT2D eigenvalue weighted by atomic mass is 16.5. The van der Waals surface area contributed by atoms with Crippen LogP contribution in [0.2, 0.25) is 0 Å². The van der Waals surface area contributed by atoms with E-state index in [1.807, 2.05) is 0 Å². The zero-order valence-corrected chi connectivity index (χ0v) is 10.0. The largest absolute Gasteiger partial charge is 0.496 e. The second-order valence-corrected chi connectivity index (χ2v) is 3.13. The zero-order valence-electron chi connectivity index (χ0n) is 10.0. The van der Waals surface area contributed by atoms with Crippen LogP contribution < -0.4 is 19.9 Å². The lowest BCUT2D eigenvalue weighted by atomic mass is 10.1. The highest BCUT2D eigenvalue weighted by molar-refractivity contribution is 6.08. The van der Waals surface area contributed by atoms with E-state index in [4.69, 9.17) is 19.9 Å². The van der Waals surface area contributed by atoms with Crippen molar-refractivity contribution >= 4 is 5.78 Å². The summed E-state index contributed by atoms with van der Waals surface area (Å²) in [6.07, 6.45) is 2.41. The fourth-order valence-electron chi connectivity index (χ4n) is 1.42. The molecule has 2 N–H and O–H groups in total.